The molecule has 2 aliphatic heterocycles. The molecule has 1 amide bonds. The summed E-state index contributed by atoms with van der Waals surface area (Å²) < 4.78 is 16.6. The molecule has 8 nitrogen and oxygen atoms in total. The van der Waals surface area contributed by atoms with Crippen LogP contribution in [0.1, 0.15) is 6.92 Å². The van der Waals surface area contributed by atoms with Crippen molar-refractivity contribution in [3.05, 3.63) is 72.8 Å². The molecular weight excluding hydrogens is 456 g/mol. The zero-order chi connectivity index (χ0) is 24.5. The number of rotatable bonds is 5. The average molecular weight is 483 g/mol. The maximum atomic E-state index is 13.0. The smallest absolute Gasteiger partial charge is 0.263 e. The minimum Gasteiger partial charge on any atom is -0.481 e. The van der Waals surface area contributed by atoms with Gasteiger partial charge in [0.15, 0.2) is 23.4 Å². The van der Waals surface area contributed by atoms with Gasteiger partial charge in [0.1, 0.15) is 5.75 Å². The molecule has 0 spiro atoms. The molecule has 182 valence electrons. The van der Waals surface area contributed by atoms with Gasteiger partial charge in [0.25, 0.3) is 5.91 Å². The molecule has 8 heteroatoms. The van der Waals surface area contributed by atoms with Crippen LogP contribution in [-0.2, 0) is 4.79 Å². The van der Waals surface area contributed by atoms with Gasteiger partial charge in [-0.1, -0.05) is 36.4 Å². The highest BCUT2D eigenvalue weighted by Gasteiger charge is 2.27. The Bertz CT molecular complexity index is 1400. The number of hydrogen-bond acceptors (Lipinski definition) is 7. The van der Waals surface area contributed by atoms with Gasteiger partial charge < -0.3 is 24.0 Å². The van der Waals surface area contributed by atoms with E-state index in [2.05, 4.69) is 45.4 Å². The standard InChI is InChI=1S/C28H26N4O4/c1-19(36-23-8-10-25-26(17-23)35-18-34-25)28(33)32-14-12-31(13-15-32)27-11-9-24(29-30-27)22-7-6-20-4-2-3-5-21(20)16-22/h2-11,16-17,19H,12-15,18H2,1H3. The van der Waals surface area contributed by atoms with Crippen molar-refractivity contribution in [2.45, 2.75) is 13.0 Å². The van der Waals surface area contributed by atoms with Gasteiger partial charge in [-0.15, -0.1) is 10.2 Å². The van der Waals surface area contributed by atoms with Gasteiger partial charge in [-0.05, 0) is 48.0 Å². The summed E-state index contributed by atoms with van der Waals surface area (Å²) in [6.07, 6.45) is -0.599. The number of anilines is 1. The lowest BCUT2D eigenvalue weighted by molar-refractivity contribution is -0.138. The van der Waals surface area contributed by atoms with Gasteiger partial charge in [0.05, 0.1) is 5.69 Å². The Balaban J connectivity index is 1.06. The quantitative estimate of drug-likeness (QED) is 0.423. The minimum atomic E-state index is -0.599. The number of ether oxygens (including phenoxy) is 3. The van der Waals surface area contributed by atoms with E-state index in [4.69, 9.17) is 14.2 Å². The first kappa shape index (κ1) is 22.2. The molecule has 0 radical (unpaired) electrons. The Labute approximate surface area is 209 Å². The first-order chi connectivity index (χ1) is 17.6. The highest BCUT2D eigenvalue weighted by atomic mass is 16.7. The second kappa shape index (κ2) is 9.37. The zero-order valence-electron chi connectivity index (χ0n) is 20.0. The third-order valence-corrected chi connectivity index (χ3v) is 6.62. The van der Waals surface area contributed by atoms with Crippen molar-refractivity contribution in [1.82, 2.24) is 15.1 Å². The highest BCUT2D eigenvalue weighted by Crippen LogP contribution is 2.35. The van der Waals surface area contributed by atoms with Gasteiger partial charge >= 0.3 is 0 Å². The molecule has 0 saturated carbocycles. The number of aromatic nitrogens is 2. The summed E-state index contributed by atoms with van der Waals surface area (Å²) in [5, 5.41) is 11.3. The molecule has 0 aliphatic carbocycles. The summed E-state index contributed by atoms with van der Waals surface area (Å²) >= 11 is 0. The predicted molar refractivity (Wildman–Crippen MR) is 136 cm³/mol. The van der Waals surface area contributed by atoms with E-state index in [1.165, 1.54) is 10.8 Å². The molecule has 3 heterocycles. The fraction of sp³-hybridized carbons (Fsp3) is 0.250. The van der Waals surface area contributed by atoms with Crippen LogP contribution in [0.15, 0.2) is 72.8 Å². The van der Waals surface area contributed by atoms with E-state index in [0.717, 1.165) is 17.1 Å². The lowest BCUT2D eigenvalue weighted by Crippen LogP contribution is -2.52. The number of nitrogens with zero attached hydrogens (tertiary/aromatic N) is 4. The van der Waals surface area contributed by atoms with Crippen LogP contribution >= 0.6 is 0 Å². The van der Waals surface area contributed by atoms with Gasteiger partial charge in [-0.25, -0.2) is 0 Å². The second-order valence-electron chi connectivity index (χ2n) is 8.93. The Morgan fingerprint density at radius 3 is 2.47 bits per heavy atom. The third kappa shape index (κ3) is 4.37. The number of carbonyl (C=O) groups is 1. The first-order valence-corrected chi connectivity index (χ1v) is 12.1. The van der Waals surface area contributed by atoms with E-state index in [1.807, 2.05) is 29.2 Å². The van der Waals surface area contributed by atoms with Gasteiger partial charge in [-0.2, -0.15) is 0 Å². The lowest BCUT2D eigenvalue weighted by Gasteiger charge is -2.36. The molecule has 6 rings (SSSR count). The van der Waals surface area contributed by atoms with Gasteiger partial charge in [0, 0.05) is 37.8 Å². The minimum absolute atomic E-state index is 0.0370. The van der Waals surface area contributed by atoms with Crippen molar-refractivity contribution in [1.29, 1.82) is 0 Å². The van der Waals surface area contributed by atoms with E-state index in [0.29, 0.717) is 43.4 Å². The third-order valence-electron chi connectivity index (χ3n) is 6.62. The number of hydrogen-bond donors (Lipinski definition) is 0. The molecule has 2 aliphatic rings. The van der Waals surface area contributed by atoms with Crippen LogP contribution in [0.4, 0.5) is 5.82 Å². The summed E-state index contributed by atoms with van der Waals surface area (Å²) in [6, 6.07) is 23.9. The summed E-state index contributed by atoms with van der Waals surface area (Å²) in [7, 11) is 0. The molecule has 1 unspecified atom stereocenters. The normalized spacial score (nSPS) is 15.7. The van der Waals surface area contributed by atoms with Crippen LogP contribution in [0.3, 0.4) is 0 Å². The summed E-state index contributed by atoms with van der Waals surface area (Å²) in [5.41, 5.74) is 1.88. The van der Waals surface area contributed by atoms with Crippen LogP contribution in [0.2, 0.25) is 0 Å². The van der Waals surface area contributed by atoms with Crippen LogP contribution < -0.4 is 19.1 Å². The van der Waals surface area contributed by atoms with E-state index in [-0.39, 0.29) is 12.7 Å². The molecule has 4 aromatic rings. The summed E-state index contributed by atoms with van der Waals surface area (Å²) in [5.74, 6) is 2.68. The van der Waals surface area contributed by atoms with Crippen LogP contribution in [0, 0.1) is 0 Å². The van der Waals surface area contributed by atoms with Crippen molar-refractivity contribution in [2.75, 3.05) is 37.9 Å². The second-order valence-corrected chi connectivity index (χ2v) is 8.93. The first-order valence-electron chi connectivity index (χ1n) is 12.1. The van der Waals surface area contributed by atoms with Crippen molar-refractivity contribution in [3.63, 3.8) is 0 Å². The number of piperazine rings is 1. The monoisotopic (exact) mass is 482 g/mol. The number of carbonyl (C=O) groups excluding carboxylic acids is 1. The SMILES string of the molecule is CC(Oc1ccc2c(c1)OCO2)C(=O)N1CCN(c2ccc(-c3ccc4ccccc4c3)nn2)CC1. The Kier molecular flexibility index (Phi) is 5.77. The van der Waals surface area contributed by atoms with Gasteiger partial charge in [0.2, 0.25) is 6.79 Å². The number of benzene rings is 3. The van der Waals surface area contributed by atoms with Crippen molar-refractivity contribution >= 4 is 22.5 Å². The fourth-order valence-corrected chi connectivity index (χ4v) is 4.61. The van der Waals surface area contributed by atoms with E-state index in [9.17, 15) is 4.79 Å². The molecular formula is C28H26N4O4. The lowest BCUT2D eigenvalue weighted by atomic mass is 10.1. The van der Waals surface area contributed by atoms with E-state index in [1.54, 1.807) is 25.1 Å². The number of fused-ring (bicyclic) bond motifs is 2. The van der Waals surface area contributed by atoms with Crippen LogP contribution in [0.5, 0.6) is 17.2 Å². The molecule has 1 aromatic heterocycles. The van der Waals surface area contributed by atoms with Gasteiger partial charge in [-0.3, -0.25) is 4.79 Å². The maximum Gasteiger partial charge on any atom is 0.263 e. The number of amides is 1. The summed E-state index contributed by atoms with van der Waals surface area (Å²) in [4.78, 5) is 17.0. The Morgan fingerprint density at radius 1 is 0.861 bits per heavy atom. The average Bonchev–Trinajstić information content (AvgIpc) is 3.40. The summed E-state index contributed by atoms with van der Waals surface area (Å²) in [6.45, 7) is 4.55. The largest absolute Gasteiger partial charge is 0.481 e. The van der Waals surface area contributed by atoms with Crippen molar-refractivity contribution in [2.24, 2.45) is 0 Å². The predicted octanol–water partition coefficient (Wildman–Crippen LogP) is 4.14. The molecule has 0 bridgehead atoms. The van der Waals surface area contributed by atoms with Crippen LogP contribution in [-0.4, -0.2) is 60.1 Å². The van der Waals surface area contributed by atoms with E-state index >= 15 is 0 Å². The van der Waals surface area contributed by atoms with Crippen LogP contribution in [0.25, 0.3) is 22.0 Å². The van der Waals surface area contributed by atoms with Crippen molar-refractivity contribution < 1.29 is 19.0 Å². The fourth-order valence-electron chi connectivity index (χ4n) is 4.61. The molecule has 36 heavy (non-hydrogen) atoms. The molecule has 1 saturated heterocycles. The molecule has 0 N–H and O–H groups in total. The Morgan fingerprint density at radius 2 is 1.67 bits per heavy atom. The molecule has 1 fully saturated rings. The highest BCUT2D eigenvalue weighted by molar-refractivity contribution is 5.86. The molecule has 3 aromatic carbocycles. The zero-order valence-corrected chi connectivity index (χ0v) is 20.0. The molecule has 1 atom stereocenters. The van der Waals surface area contributed by atoms with E-state index < -0.39 is 6.10 Å². The topological polar surface area (TPSA) is 77.0 Å². The Hall–Kier alpha value is -4.33. The maximum absolute atomic E-state index is 13.0. The van der Waals surface area contributed by atoms with Crippen molar-refractivity contribution in [3.8, 4) is 28.5 Å².